The van der Waals surface area contributed by atoms with Gasteiger partial charge in [0.1, 0.15) is 0 Å². The number of hydrogen-bond acceptors (Lipinski definition) is 2. The molecule has 0 unspecified atom stereocenters. The number of aryl methyl sites for hydroxylation is 1. The van der Waals surface area contributed by atoms with Gasteiger partial charge in [-0.25, -0.2) is 9.86 Å². The minimum absolute atomic E-state index is 0.375. The number of nitrogens with zero attached hydrogens (tertiary/aromatic N) is 1. The molecule has 0 spiro atoms. The first-order valence-corrected chi connectivity index (χ1v) is 6.82. The number of carbonyl (C=O) groups is 1. The Morgan fingerprint density at radius 2 is 2.00 bits per heavy atom. The van der Waals surface area contributed by atoms with E-state index in [-0.39, 0.29) is 6.03 Å². The van der Waals surface area contributed by atoms with Gasteiger partial charge in [0.2, 0.25) is 0 Å². The third-order valence-corrected chi connectivity index (χ3v) is 3.35. The highest BCUT2D eigenvalue weighted by Gasteiger charge is 2.12. The highest BCUT2D eigenvalue weighted by molar-refractivity contribution is 5.90. The Bertz CT molecular complexity index is 732. The number of hydrogen-bond donors (Lipinski definition) is 1. The predicted octanol–water partition coefficient (Wildman–Crippen LogP) is 3.67. The second-order valence-corrected chi connectivity index (χ2v) is 4.83. The molecule has 0 radical (unpaired) electrons. The van der Waals surface area contributed by atoms with Crippen molar-refractivity contribution in [1.29, 1.82) is 0 Å². The minimum atomic E-state index is -0.375. The number of terminal acetylenes is 1. The van der Waals surface area contributed by atoms with Crippen LogP contribution in [0.4, 0.5) is 10.5 Å². The van der Waals surface area contributed by atoms with Crippen LogP contribution in [0.2, 0.25) is 0 Å². The lowest BCUT2D eigenvalue weighted by atomic mass is 10.2. The number of benzene rings is 2. The van der Waals surface area contributed by atoms with Crippen molar-refractivity contribution in [2.24, 2.45) is 0 Å². The van der Waals surface area contributed by atoms with Crippen LogP contribution >= 0.6 is 0 Å². The Morgan fingerprint density at radius 3 is 2.45 bits per heavy atom. The number of nitrogens with one attached hydrogen (secondary N) is 1. The summed E-state index contributed by atoms with van der Waals surface area (Å²) in [6.45, 7) is 2.14. The summed E-state index contributed by atoms with van der Waals surface area (Å²) in [5.74, 6) is 2.48. The molecular formula is C18H18N2O2. The maximum Gasteiger partial charge on any atom is 0.345 e. The summed E-state index contributed by atoms with van der Waals surface area (Å²) in [5.41, 5.74) is 5.57. The number of fused-ring (bicyclic) bond motifs is 1. The predicted molar refractivity (Wildman–Crippen MR) is 88.3 cm³/mol. The van der Waals surface area contributed by atoms with E-state index in [1.54, 1.807) is 18.2 Å². The Morgan fingerprint density at radius 1 is 1.27 bits per heavy atom. The third kappa shape index (κ3) is 3.66. The first kappa shape index (κ1) is 15.6. The summed E-state index contributed by atoms with van der Waals surface area (Å²) in [5, 5.41) is 3.71. The van der Waals surface area contributed by atoms with Crippen LogP contribution in [0.1, 0.15) is 11.1 Å². The number of urea groups is 1. The van der Waals surface area contributed by atoms with Crippen molar-refractivity contribution < 1.29 is 9.63 Å². The molecule has 2 aliphatic rings. The zero-order chi connectivity index (χ0) is 16.1. The van der Waals surface area contributed by atoms with Gasteiger partial charge in [-0.05, 0) is 41.8 Å². The fourth-order valence-corrected chi connectivity index (χ4v) is 1.90. The van der Waals surface area contributed by atoms with E-state index in [9.17, 15) is 4.79 Å². The maximum absolute atomic E-state index is 11.4. The first-order chi connectivity index (χ1) is 10.6. The van der Waals surface area contributed by atoms with Crippen LogP contribution in [-0.4, -0.2) is 25.3 Å². The SMILES string of the molecule is C#Cc1ccccc1NC(=O)N(C)OC.Cc1ccc2cc1-2. The van der Waals surface area contributed by atoms with Crippen molar-refractivity contribution in [1.82, 2.24) is 5.06 Å². The maximum atomic E-state index is 11.4. The number of amides is 2. The van der Waals surface area contributed by atoms with Crippen molar-refractivity contribution in [2.75, 3.05) is 19.5 Å². The van der Waals surface area contributed by atoms with E-state index >= 15 is 0 Å². The number of anilines is 1. The molecule has 4 heteroatoms. The average Bonchev–Trinajstić information content (AvgIpc) is 3.25. The number of carbonyl (C=O) groups excluding carboxylic acids is 1. The van der Waals surface area contributed by atoms with E-state index in [1.165, 1.54) is 30.8 Å². The standard InChI is InChI=1S/C11H12N2O2.C7H6/c1-4-9-7-5-6-8-10(9)12-11(14)13(2)15-3;1-5-2-3-6-4-7(5)6/h1,5-8H,2-3H3,(H,12,14);2-4H,1H3. The Kier molecular flexibility index (Phi) is 4.82. The highest BCUT2D eigenvalue weighted by atomic mass is 16.7. The lowest BCUT2D eigenvalue weighted by molar-refractivity contribution is -0.0598. The fourth-order valence-electron chi connectivity index (χ4n) is 1.90. The Balaban J connectivity index is 0.000000205. The van der Waals surface area contributed by atoms with E-state index in [1.807, 2.05) is 6.07 Å². The van der Waals surface area contributed by atoms with Gasteiger partial charge in [-0.2, -0.15) is 0 Å². The molecule has 4 nitrogen and oxygen atoms in total. The smallest absolute Gasteiger partial charge is 0.305 e. The molecule has 2 amide bonds. The molecule has 112 valence electrons. The van der Waals surface area contributed by atoms with Gasteiger partial charge in [-0.15, -0.1) is 6.42 Å². The van der Waals surface area contributed by atoms with Gasteiger partial charge in [-0.3, -0.25) is 4.84 Å². The zero-order valence-corrected chi connectivity index (χ0v) is 12.9. The van der Waals surface area contributed by atoms with Crippen LogP contribution in [0, 0.1) is 19.3 Å². The van der Waals surface area contributed by atoms with Crippen molar-refractivity contribution in [3.8, 4) is 23.5 Å². The summed E-state index contributed by atoms with van der Waals surface area (Å²) in [6, 6.07) is 13.2. The molecule has 0 saturated heterocycles. The van der Waals surface area contributed by atoms with E-state index in [0.29, 0.717) is 11.3 Å². The van der Waals surface area contributed by atoms with Gasteiger partial charge in [0.25, 0.3) is 0 Å². The van der Waals surface area contributed by atoms with E-state index < -0.39 is 0 Å². The van der Waals surface area contributed by atoms with Gasteiger partial charge >= 0.3 is 6.03 Å². The van der Waals surface area contributed by atoms with E-state index in [4.69, 9.17) is 11.3 Å². The molecule has 0 aliphatic heterocycles. The minimum Gasteiger partial charge on any atom is -0.305 e. The lowest BCUT2D eigenvalue weighted by Gasteiger charge is -2.15. The molecule has 0 atom stereocenters. The second kappa shape index (κ2) is 6.79. The molecule has 1 aromatic rings. The van der Waals surface area contributed by atoms with E-state index in [2.05, 4.69) is 36.4 Å². The van der Waals surface area contributed by atoms with Gasteiger partial charge in [0.15, 0.2) is 0 Å². The van der Waals surface area contributed by atoms with Crippen LogP contribution in [0.25, 0.3) is 11.1 Å². The van der Waals surface area contributed by atoms with Crippen LogP contribution in [0.15, 0.2) is 42.5 Å². The first-order valence-electron chi connectivity index (χ1n) is 6.82. The molecular weight excluding hydrogens is 276 g/mol. The van der Waals surface area contributed by atoms with Gasteiger partial charge in [0, 0.05) is 12.6 Å². The van der Waals surface area contributed by atoms with Crippen molar-refractivity contribution in [3.05, 3.63) is 53.6 Å². The molecule has 1 N–H and O–H groups in total. The van der Waals surface area contributed by atoms with Crippen molar-refractivity contribution >= 4 is 11.7 Å². The molecule has 0 heterocycles. The van der Waals surface area contributed by atoms with E-state index in [0.717, 1.165) is 5.06 Å². The van der Waals surface area contributed by atoms with Crippen LogP contribution < -0.4 is 5.32 Å². The summed E-state index contributed by atoms with van der Waals surface area (Å²) >= 11 is 0. The summed E-state index contributed by atoms with van der Waals surface area (Å²) in [7, 11) is 2.92. The lowest BCUT2D eigenvalue weighted by Crippen LogP contribution is -2.30. The largest absolute Gasteiger partial charge is 0.345 e. The molecule has 3 rings (SSSR count). The van der Waals surface area contributed by atoms with Crippen LogP contribution in [0.3, 0.4) is 0 Å². The molecule has 22 heavy (non-hydrogen) atoms. The molecule has 1 aromatic carbocycles. The highest BCUT2D eigenvalue weighted by Crippen LogP contribution is 2.37. The topological polar surface area (TPSA) is 41.6 Å². The molecule has 0 aromatic heterocycles. The van der Waals surface area contributed by atoms with Crippen molar-refractivity contribution in [2.45, 2.75) is 6.92 Å². The average molecular weight is 294 g/mol. The molecule has 0 bridgehead atoms. The summed E-state index contributed by atoms with van der Waals surface area (Å²) in [6.07, 6.45) is 5.29. The summed E-state index contributed by atoms with van der Waals surface area (Å²) in [4.78, 5) is 16.2. The third-order valence-electron chi connectivity index (χ3n) is 3.35. The van der Waals surface area contributed by atoms with Crippen LogP contribution in [0.5, 0.6) is 0 Å². The van der Waals surface area contributed by atoms with Crippen LogP contribution in [-0.2, 0) is 4.84 Å². The number of para-hydroxylation sites is 1. The van der Waals surface area contributed by atoms with Gasteiger partial charge in [0.05, 0.1) is 12.8 Å². The number of rotatable bonds is 2. The molecule has 2 aliphatic carbocycles. The Labute approximate surface area is 130 Å². The quantitative estimate of drug-likeness (QED) is 0.579. The molecule has 0 saturated carbocycles. The zero-order valence-electron chi connectivity index (χ0n) is 12.9. The van der Waals surface area contributed by atoms with Gasteiger partial charge in [-0.1, -0.05) is 30.2 Å². The van der Waals surface area contributed by atoms with Gasteiger partial charge < -0.3 is 5.32 Å². The second-order valence-electron chi connectivity index (χ2n) is 4.83. The summed E-state index contributed by atoms with van der Waals surface area (Å²) < 4.78 is 0. The van der Waals surface area contributed by atoms with Crippen molar-refractivity contribution in [3.63, 3.8) is 0 Å². The Hall–Kier alpha value is -2.77. The monoisotopic (exact) mass is 294 g/mol. The molecule has 0 fully saturated rings. The normalized spacial score (nSPS) is 9.91. The number of hydroxylamine groups is 2. The fraction of sp³-hybridized carbons (Fsp3) is 0.167.